The molecule has 6 atom stereocenters. The number of nitrogens with one attached hydrogen (secondary N) is 1. The van der Waals surface area contributed by atoms with E-state index in [1.54, 1.807) is 71.1 Å². The second kappa shape index (κ2) is 24.7. The number of carbonyl (C=O) groups is 3. The van der Waals surface area contributed by atoms with Gasteiger partial charge < -0.3 is 70.9 Å². The molecule has 0 aromatic heterocycles. The molecule has 3 heterocycles. The fraction of sp³-hybridized carbons (Fsp3) is 0.518. The SMILES string of the molecule is COc1cc2c(cc1OC)[C@H](c1cc(OC)c(OC)c(OC)c1)[N@@+](C)(CCCOC(=O)CC1(C(=O)OCCC[N@+]3(C)CCc4cc(OC)c(OC)cc4[C@H]3Cc3cc(OC)c(OC)c(OC)c3)N[C@H](C(=O)O)CS1)CC2. The predicted octanol–water partition coefficient (Wildman–Crippen LogP) is 6.59. The third kappa shape index (κ3) is 11.7. The summed E-state index contributed by atoms with van der Waals surface area (Å²) in [6, 6.07) is 14.6. The molecule has 4 aromatic rings. The Balaban J connectivity index is 1.04. The number of methoxy groups -OCH3 is 10. The average molecular weight is 1080 g/mol. The van der Waals surface area contributed by atoms with E-state index in [0.29, 0.717) is 98.8 Å². The van der Waals surface area contributed by atoms with Crippen LogP contribution in [0.2, 0.25) is 0 Å². The minimum atomic E-state index is -1.67. The summed E-state index contributed by atoms with van der Waals surface area (Å²) in [5, 5.41) is 12.9. The van der Waals surface area contributed by atoms with Crippen LogP contribution in [0.3, 0.4) is 0 Å². The summed E-state index contributed by atoms with van der Waals surface area (Å²) in [6.07, 6.45) is 2.64. The zero-order valence-electron chi connectivity index (χ0n) is 45.9. The van der Waals surface area contributed by atoms with Gasteiger partial charge >= 0.3 is 17.9 Å². The Kier molecular flexibility index (Phi) is 18.6. The third-order valence-electron chi connectivity index (χ3n) is 15.3. The molecule has 1 saturated heterocycles. The average Bonchev–Trinajstić information content (AvgIpc) is 3.89. The number of nitrogens with zero attached hydrogens (tertiary/aromatic N) is 2. The van der Waals surface area contributed by atoms with Crippen LogP contribution in [0.4, 0.5) is 0 Å². The van der Waals surface area contributed by atoms with Gasteiger partial charge in [-0.3, -0.25) is 14.9 Å². The third-order valence-corrected chi connectivity index (χ3v) is 16.7. The van der Waals surface area contributed by atoms with Gasteiger partial charge in [0.25, 0.3) is 0 Å². The lowest BCUT2D eigenvalue weighted by atomic mass is 9.85. The zero-order chi connectivity index (χ0) is 55.0. The molecule has 414 valence electrons. The highest BCUT2D eigenvalue weighted by molar-refractivity contribution is 8.01. The number of aliphatic carboxylic acids is 1. The smallest absolute Gasteiger partial charge is 0.337 e. The number of hydrogen-bond acceptors (Lipinski definition) is 17. The van der Waals surface area contributed by atoms with Gasteiger partial charge in [0.2, 0.25) is 11.5 Å². The summed E-state index contributed by atoms with van der Waals surface area (Å²) in [6.45, 7) is 2.82. The number of likely N-dealkylation sites (N-methyl/N-ethyl adjacent to an activating group) is 2. The minimum absolute atomic E-state index is 0.0323. The summed E-state index contributed by atoms with van der Waals surface area (Å²) >= 11 is 1.05. The molecule has 1 fully saturated rings. The Morgan fingerprint density at radius 1 is 0.592 bits per heavy atom. The van der Waals surface area contributed by atoms with Crippen LogP contribution in [0.5, 0.6) is 57.5 Å². The molecule has 2 N–H and O–H groups in total. The molecular weight excluding hydrogens is 1000 g/mol. The Labute approximate surface area is 450 Å². The van der Waals surface area contributed by atoms with Crippen molar-refractivity contribution in [2.75, 3.05) is 130 Å². The number of carbonyl (C=O) groups excluding carboxylic acids is 2. The summed E-state index contributed by atoms with van der Waals surface area (Å²) in [5.74, 6) is 3.18. The zero-order valence-corrected chi connectivity index (χ0v) is 46.7. The van der Waals surface area contributed by atoms with Crippen LogP contribution in [0.1, 0.15) is 64.7 Å². The summed E-state index contributed by atoms with van der Waals surface area (Å²) in [5.41, 5.74) is 6.32. The Hall–Kier alpha value is -6.48. The largest absolute Gasteiger partial charge is 0.493 e. The number of carboxylic acid groups (broad SMARTS) is 1. The van der Waals surface area contributed by atoms with Crippen molar-refractivity contribution in [2.45, 2.75) is 61.5 Å². The van der Waals surface area contributed by atoms with Gasteiger partial charge in [0, 0.05) is 54.5 Å². The quantitative estimate of drug-likeness (QED) is 0.0409. The van der Waals surface area contributed by atoms with E-state index in [-0.39, 0.29) is 31.1 Å². The summed E-state index contributed by atoms with van der Waals surface area (Å²) < 4.78 is 70.2. The summed E-state index contributed by atoms with van der Waals surface area (Å²) in [7, 11) is 20.3. The van der Waals surface area contributed by atoms with Crippen LogP contribution in [0.25, 0.3) is 0 Å². The van der Waals surface area contributed by atoms with Crippen molar-refractivity contribution in [1.82, 2.24) is 5.32 Å². The van der Waals surface area contributed by atoms with Crippen molar-refractivity contribution in [3.8, 4) is 57.5 Å². The molecular formula is C56H75N3O16S+2. The molecule has 4 aromatic carbocycles. The van der Waals surface area contributed by atoms with Gasteiger partial charge in [0.1, 0.15) is 18.1 Å². The molecule has 0 saturated carbocycles. The van der Waals surface area contributed by atoms with Crippen molar-refractivity contribution >= 4 is 29.7 Å². The van der Waals surface area contributed by atoms with Crippen molar-refractivity contribution in [1.29, 1.82) is 0 Å². The van der Waals surface area contributed by atoms with Crippen LogP contribution in [0, 0.1) is 0 Å². The van der Waals surface area contributed by atoms with E-state index in [1.807, 2.05) is 42.5 Å². The van der Waals surface area contributed by atoms with Crippen LogP contribution in [0.15, 0.2) is 48.5 Å². The van der Waals surface area contributed by atoms with Gasteiger partial charge in [0.05, 0.1) is 131 Å². The van der Waals surface area contributed by atoms with Crippen LogP contribution < -0.4 is 52.7 Å². The van der Waals surface area contributed by atoms with E-state index < -0.39 is 35.2 Å². The Morgan fingerprint density at radius 2 is 1.05 bits per heavy atom. The first-order valence-electron chi connectivity index (χ1n) is 25.3. The molecule has 0 spiro atoms. The van der Waals surface area contributed by atoms with Gasteiger partial charge in [-0.15, -0.1) is 11.8 Å². The van der Waals surface area contributed by atoms with Crippen molar-refractivity contribution in [3.05, 3.63) is 81.9 Å². The number of hydrogen-bond donors (Lipinski definition) is 2. The first kappa shape index (κ1) is 57.2. The van der Waals surface area contributed by atoms with E-state index in [1.165, 1.54) is 0 Å². The predicted molar refractivity (Wildman–Crippen MR) is 284 cm³/mol. The maximum atomic E-state index is 14.2. The first-order chi connectivity index (χ1) is 36.5. The second-order valence-corrected chi connectivity index (χ2v) is 21.0. The fourth-order valence-electron chi connectivity index (χ4n) is 11.3. The number of fused-ring (bicyclic) bond motifs is 2. The lowest BCUT2D eigenvalue weighted by Crippen LogP contribution is -2.53. The van der Waals surface area contributed by atoms with Crippen LogP contribution in [-0.4, -0.2) is 173 Å². The molecule has 0 radical (unpaired) electrons. The molecule has 0 bridgehead atoms. The first-order valence-corrected chi connectivity index (χ1v) is 26.2. The van der Waals surface area contributed by atoms with Crippen LogP contribution >= 0.6 is 11.8 Å². The van der Waals surface area contributed by atoms with Gasteiger partial charge in [-0.25, -0.2) is 4.79 Å². The van der Waals surface area contributed by atoms with Crippen LogP contribution in [-0.2, 0) is 43.1 Å². The summed E-state index contributed by atoms with van der Waals surface area (Å²) in [4.78, 5) is 38.6. The lowest BCUT2D eigenvalue weighted by Gasteiger charge is -2.46. The van der Waals surface area contributed by atoms with E-state index in [4.69, 9.17) is 56.8 Å². The molecule has 7 rings (SSSR count). The van der Waals surface area contributed by atoms with E-state index in [0.717, 1.165) is 71.1 Å². The highest BCUT2D eigenvalue weighted by Crippen LogP contribution is 2.49. The molecule has 1 unspecified atom stereocenters. The maximum absolute atomic E-state index is 14.2. The monoisotopic (exact) mass is 1080 g/mol. The number of rotatable bonds is 25. The van der Waals surface area contributed by atoms with Gasteiger partial charge in [-0.2, -0.15) is 0 Å². The number of ether oxygens (including phenoxy) is 12. The maximum Gasteiger partial charge on any atom is 0.337 e. The highest BCUT2D eigenvalue weighted by Gasteiger charge is 2.51. The number of benzene rings is 4. The molecule has 19 nitrogen and oxygen atoms in total. The fourth-order valence-corrected chi connectivity index (χ4v) is 12.6. The normalized spacial score (nSPS) is 22.5. The number of esters is 2. The standard InChI is InChI=1S/C56H74N3O16S/c1-58(19-15-35-26-42(64-3)44(66-5)30-38(35)41(58)23-34-24-46(68-7)52(72-11)47(25-34)69-8)17-13-22-75-55(63)56(57-40(33-76-56)54(61)62)32-50(60)74-21-14-18-59(2)20-16-36-27-43(65-4)45(67-6)31-39(36)51(59)37-28-48(70-9)53(73-12)49(29-37)71-10/h24-31,40-41,51,57H,13-23,32-33H2,1-12H3/q+1/p+1/t40-,41+,51-,56?,58+,59-/m0/s1. The Bertz CT molecular complexity index is 2690. The number of carboxylic acids is 1. The number of quaternary nitrogens is 2. The molecule has 3 aliphatic rings. The second-order valence-electron chi connectivity index (χ2n) is 19.7. The number of thioether (sulfide) groups is 1. The lowest BCUT2D eigenvalue weighted by molar-refractivity contribution is -0.941. The molecule has 20 heteroatoms. The Morgan fingerprint density at radius 3 is 1.55 bits per heavy atom. The van der Waals surface area contributed by atoms with Crippen molar-refractivity contribution < 1.29 is 85.3 Å². The van der Waals surface area contributed by atoms with Gasteiger partial charge in [-0.05, 0) is 65.2 Å². The molecule has 0 aliphatic carbocycles. The van der Waals surface area contributed by atoms with Gasteiger partial charge in [-0.1, -0.05) is 0 Å². The minimum Gasteiger partial charge on any atom is -0.493 e. The van der Waals surface area contributed by atoms with Crippen molar-refractivity contribution in [3.63, 3.8) is 0 Å². The molecule has 76 heavy (non-hydrogen) atoms. The van der Waals surface area contributed by atoms with E-state index in [9.17, 15) is 19.5 Å². The van der Waals surface area contributed by atoms with Crippen molar-refractivity contribution in [2.24, 2.45) is 0 Å². The van der Waals surface area contributed by atoms with Gasteiger partial charge in [0.15, 0.2) is 50.9 Å². The highest BCUT2D eigenvalue weighted by atomic mass is 32.2. The molecule has 3 aliphatic heterocycles. The van der Waals surface area contributed by atoms with E-state index in [2.05, 4.69) is 25.5 Å². The molecule has 0 amide bonds. The van der Waals surface area contributed by atoms with E-state index >= 15 is 0 Å². The topological polar surface area (TPSA) is 194 Å².